The van der Waals surface area contributed by atoms with E-state index in [9.17, 15) is 9.59 Å². The van der Waals surface area contributed by atoms with Crippen molar-refractivity contribution in [3.63, 3.8) is 0 Å². The normalized spacial score (nSPS) is 11.8. The molecule has 40 heavy (non-hydrogen) atoms. The first-order valence-corrected chi connectivity index (χ1v) is 13.0. The third kappa shape index (κ3) is 3.64. The van der Waals surface area contributed by atoms with Crippen molar-refractivity contribution < 1.29 is 0 Å². The lowest BCUT2D eigenvalue weighted by Crippen LogP contribution is -2.26. The van der Waals surface area contributed by atoms with Gasteiger partial charge in [-0.1, -0.05) is 54.1 Å². The summed E-state index contributed by atoms with van der Waals surface area (Å²) in [5.74, 6) is 0.131. The topological polar surface area (TPSA) is 133 Å². The molecule has 0 radical (unpaired) electrons. The summed E-state index contributed by atoms with van der Waals surface area (Å²) in [7, 11) is 0. The minimum Gasteiger partial charge on any atom is -0.322 e. The molecular weight excluding hydrogens is 504 g/mol. The molecule has 0 aliphatic rings. The van der Waals surface area contributed by atoms with Crippen LogP contribution in [0, 0.1) is 20.8 Å². The van der Waals surface area contributed by atoms with Crippen LogP contribution in [0.1, 0.15) is 39.6 Å². The summed E-state index contributed by atoms with van der Waals surface area (Å²) >= 11 is 0. The first-order valence-electron chi connectivity index (χ1n) is 13.0. The Morgan fingerprint density at radius 3 is 1.52 bits per heavy atom. The SMILES string of the molecule is Cc1ccc(C(c2c(C)[nH]n(-c3nc4ccccc4[nH]3)c2=O)c2c(C)[nH]n(-c3nc4ccccc4[nH]3)c2=O)cc1. The molecule has 4 N–H and O–H groups in total. The smallest absolute Gasteiger partial charge is 0.278 e. The Bertz CT molecular complexity index is 1950. The molecule has 0 aliphatic carbocycles. The van der Waals surface area contributed by atoms with Crippen molar-refractivity contribution in [2.24, 2.45) is 0 Å². The van der Waals surface area contributed by atoms with E-state index in [-0.39, 0.29) is 11.1 Å². The number of hydrogen-bond acceptors (Lipinski definition) is 4. The minimum atomic E-state index is -0.635. The van der Waals surface area contributed by atoms with E-state index >= 15 is 0 Å². The van der Waals surface area contributed by atoms with E-state index in [1.54, 1.807) is 0 Å². The highest BCUT2D eigenvalue weighted by molar-refractivity contribution is 5.76. The van der Waals surface area contributed by atoms with Crippen LogP contribution in [0.15, 0.2) is 82.4 Å². The summed E-state index contributed by atoms with van der Waals surface area (Å²) < 4.78 is 2.82. The van der Waals surface area contributed by atoms with Gasteiger partial charge < -0.3 is 9.97 Å². The molecule has 0 saturated carbocycles. The van der Waals surface area contributed by atoms with Crippen molar-refractivity contribution in [3.05, 3.63) is 127 Å². The van der Waals surface area contributed by atoms with Gasteiger partial charge in [0.25, 0.3) is 11.1 Å². The number of hydrogen-bond donors (Lipinski definition) is 4. The van der Waals surface area contributed by atoms with Crippen LogP contribution < -0.4 is 11.1 Å². The molecular formula is C30H26N8O2. The highest BCUT2D eigenvalue weighted by Crippen LogP contribution is 2.32. The average molecular weight is 531 g/mol. The van der Waals surface area contributed by atoms with E-state index in [1.807, 2.05) is 93.6 Å². The fraction of sp³-hybridized carbons (Fsp3) is 0.133. The van der Waals surface area contributed by atoms with Gasteiger partial charge in [-0.3, -0.25) is 19.8 Å². The summed E-state index contributed by atoms with van der Waals surface area (Å²) in [6, 6.07) is 23.1. The van der Waals surface area contributed by atoms with Crippen molar-refractivity contribution in [1.29, 1.82) is 0 Å². The van der Waals surface area contributed by atoms with Crippen molar-refractivity contribution >= 4 is 22.1 Å². The molecule has 0 atom stereocenters. The number of nitrogens with zero attached hydrogens (tertiary/aromatic N) is 4. The van der Waals surface area contributed by atoms with Crippen molar-refractivity contribution in [3.8, 4) is 11.9 Å². The standard InChI is InChI=1S/C30H26N8O2/c1-16-12-14-19(15-13-16)26(24-17(2)35-37(27(24)39)29-31-20-8-4-5-9-21(20)32-29)25-18(3)36-38(28(25)40)30-33-22-10-6-7-11-23(22)34-30/h4-15,26,35-36H,1-3H3,(H,31,32)(H,33,34). The number of rotatable bonds is 5. The number of aromatic amines is 4. The van der Waals surface area contributed by atoms with E-state index in [0.29, 0.717) is 34.4 Å². The molecule has 0 amide bonds. The summed E-state index contributed by atoms with van der Waals surface area (Å²) in [5.41, 5.74) is 6.74. The third-order valence-electron chi connectivity index (χ3n) is 7.40. The van der Waals surface area contributed by atoms with Gasteiger partial charge >= 0.3 is 0 Å². The highest BCUT2D eigenvalue weighted by atomic mass is 16.1. The fourth-order valence-electron chi connectivity index (χ4n) is 5.42. The molecule has 0 unspecified atom stereocenters. The van der Waals surface area contributed by atoms with Crippen LogP contribution in [0.25, 0.3) is 34.0 Å². The lowest BCUT2D eigenvalue weighted by Gasteiger charge is -2.16. The molecule has 4 heterocycles. The number of imidazole rings is 2. The van der Waals surface area contributed by atoms with Crippen molar-refractivity contribution in [2.75, 3.05) is 0 Å². The van der Waals surface area contributed by atoms with Crippen LogP contribution >= 0.6 is 0 Å². The number of H-pyrrole nitrogens is 4. The van der Waals surface area contributed by atoms with E-state index in [0.717, 1.165) is 33.2 Å². The van der Waals surface area contributed by atoms with E-state index in [1.165, 1.54) is 9.36 Å². The Labute approximate surface area is 227 Å². The Morgan fingerprint density at radius 1 is 0.625 bits per heavy atom. The van der Waals surface area contributed by atoms with Crippen LogP contribution in [0.4, 0.5) is 0 Å². The van der Waals surface area contributed by atoms with Gasteiger partial charge in [-0.05, 0) is 50.6 Å². The number of fused-ring (bicyclic) bond motifs is 2. The molecule has 3 aromatic carbocycles. The first-order chi connectivity index (χ1) is 19.4. The zero-order chi connectivity index (χ0) is 27.5. The predicted octanol–water partition coefficient (Wildman–Crippen LogP) is 4.50. The zero-order valence-corrected chi connectivity index (χ0v) is 22.1. The molecule has 7 aromatic rings. The first kappa shape index (κ1) is 23.7. The van der Waals surface area contributed by atoms with Gasteiger partial charge in [0, 0.05) is 17.3 Å². The lowest BCUT2D eigenvalue weighted by molar-refractivity contribution is 0.787. The Hall–Kier alpha value is -5.38. The van der Waals surface area contributed by atoms with Crippen molar-refractivity contribution in [1.82, 2.24) is 39.5 Å². The molecule has 0 bridgehead atoms. The minimum absolute atomic E-state index is 0.280. The van der Waals surface area contributed by atoms with E-state index in [2.05, 4.69) is 30.1 Å². The number of benzene rings is 3. The van der Waals surface area contributed by atoms with E-state index in [4.69, 9.17) is 0 Å². The Balaban J connectivity index is 1.44. The monoisotopic (exact) mass is 530 g/mol. The number of nitrogens with one attached hydrogen (secondary N) is 4. The molecule has 198 valence electrons. The Kier molecular flexibility index (Phi) is 5.24. The van der Waals surface area contributed by atoms with Gasteiger partial charge in [0.2, 0.25) is 11.9 Å². The maximum atomic E-state index is 14.1. The second-order valence-electron chi connectivity index (χ2n) is 10.1. The van der Waals surface area contributed by atoms with Crippen LogP contribution in [0.5, 0.6) is 0 Å². The van der Waals surface area contributed by atoms with Crippen LogP contribution in [0.2, 0.25) is 0 Å². The van der Waals surface area contributed by atoms with Gasteiger partial charge in [-0.25, -0.2) is 9.97 Å². The third-order valence-corrected chi connectivity index (χ3v) is 7.40. The Morgan fingerprint density at radius 2 is 1.07 bits per heavy atom. The zero-order valence-electron chi connectivity index (χ0n) is 22.1. The summed E-state index contributed by atoms with van der Waals surface area (Å²) in [5, 5.41) is 6.38. The molecule has 10 heteroatoms. The maximum absolute atomic E-state index is 14.1. The number of aromatic nitrogens is 8. The molecule has 7 rings (SSSR count). The molecule has 0 spiro atoms. The van der Waals surface area contributed by atoms with Gasteiger partial charge in [0.15, 0.2) is 0 Å². The summed E-state index contributed by atoms with van der Waals surface area (Å²) in [6.45, 7) is 5.69. The number of para-hydroxylation sites is 4. The molecule has 0 saturated heterocycles. The quantitative estimate of drug-likeness (QED) is 0.261. The van der Waals surface area contributed by atoms with Crippen LogP contribution in [0.3, 0.4) is 0 Å². The molecule has 4 aromatic heterocycles. The van der Waals surface area contributed by atoms with Gasteiger partial charge in [0.1, 0.15) is 0 Å². The van der Waals surface area contributed by atoms with Gasteiger partial charge in [-0.2, -0.15) is 9.36 Å². The molecule has 0 aliphatic heterocycles. The summed E-state index contributed by atoms with van der Waals surface area (Å²) in [4.78, 5) is 43.8. The largest absolute Gasteiger partial charge is 0.322 e. The fourth-order valence-corrected chi connectivity index (χ4v) is 5.42. The predicted molar refractivity (Wildman–Crippen MR) is 154 cm³/mol. The maximum Gasteiger partial charge on any atom is 0.278 e. The second-order valence-corrected chi connectivity index (χ2v) is 10.1. The van der Waals surface area contributed by atoms with Crippen LogP contribution in [-0.4, -0.2) is 39.5 Å². The molecule has 0 fully saturated rings. The highest BCUT2D eigenvalue weighted by Gasteiger charge is 2.31. The van der Waals surface area contributed by atoms with E-state index < -0.39 is 5.92 Å². The second kappa shape index (κ2) is 8.84. The van der Waals surface area contributed by atoms with Gasteiger partial charge in [-0.15, -0.1) is 0 Å². The lowest BCUT2D eigenvalue weighted by atomic mass is 9.85. The average Bonchev–Trinajstić information content (AvgIpc) is 3.70. The van der Waals surface area contributed by atoms with Crippen LogP contribution in [-0.2, 0) is 0 Å². The summed E-state index contributed by atoms with van der Waals surface area (Å²) in [6.07, 6.45) is 0. The van der Waals surface area contributed by atoms with Gasteiger partial charge in [0.05, 0.1) is 33.2 Å². The molecule has 10 nitrogen and oxygen atoms in total. The van der Waals surface area contributed by atoms with Crippen molar-refractivity contribution in [2.45, 2.75) is 26.7 Å². The number of aryl methyl sites for hydroxylation is 3.